The second-order valence-electron chi connectivity index (χ2n) is 4.50. The normalized spacial score (nSPS) is 13.8. The van der Waals surface area contributed by atoms with Gasteiger partial charge in [0.2, 0.25) is 0 Å². The minimum absolute atomic E-state index is 0.0253. The van der Waals surface area contributed by atoms with E-state index in [0.717, 1.165) is 12.0 Å². The van der Waals surface area contributed by atoms with Crippen molar-refractivity contribution in [2.24, 2.45) is 0 Å². The molecular weight excluding hydrogens is 238 g/mol. The van der Waals surface area contributed by atoms with Crippen molar-refractivity contribution in [1.29, 1.82) is 0 Å². The number of Topliss-reactive ketones (excluding diaryl/α,β-unsaturated/α-hetero) is 1. The van der Waals surface area contributed by atoms with Crippen LogP contribution in [-0.2, 0) is 6.42 Å². The van der Waals surface area contributed by atoms with Gasteiger partial charge in [-0.2, -0.15) is 0 Å². The third-order valence-corrected chi connectivity index (χ3v) is 3.38. The second kappa shape index (κ2) is 4.35. The lowest BCUT2D eigenvalue weighted by Gasteiger charge is -2.02. The monoisotopic (exact) mass is 251 g/mol. The molecule has 0 unspecified atom stereocenters. The van der Waals surface area contributed by atoms with Gasteiger partial charge in [-0.3, -0.25) is 9.78 Å². The van der Waals surface area contributed by atoms with E-state index in [0.29, 0.717) is 22.4 Å². The molecule has 0 atom stereocenters. The molecule has 0 saturated carbocycles. The first-order valence-electron chi connectivity index (χ1n) is 6.25. The maximum Gasteiger partial charge on any atom is 0.199 e. The van der Waals surface area contributed by atoms with Gasteiger partial charge in [0.25, 0.3) is 0 Å². The Morgan fingerprint density at radius 1 is 1.11 bits per heavy atom. The van der Waals surface area contributed by atoms with Crippen LogP contribution in [-0.4, -0.2) is 15.9 Å². The van der Waals surface area contributed by atoms with Crippen LogP contribution in [0.25, 0.3) is 11.3 Å². The molecule has 3 rings (SSSR count). The van der Waals surface area contributed by atoms with E-state index in [1.165, 1.54) is 0 Å². The molecule has 0 saturated heterocycles. The van der Waals surface area contributed by atoms with Crippen molar-refractivity contribution in [2.75, 3.05) is 0 Å². The molecule has 0 radical (unpaired) electrons. The molecule has 3 nitrogen and oxygen atoms in total. The standard InChI is InChI=1S/C16H13NO2/c1-2-10-7-8-13(17-9-10)14-15(18)11-5-3-4-6-12(11)16(14)19/h3-9,18H,2H2,1H3. The van der Waals surface area contributed by atoms with Crippen LogP contribution < -0.4 is 0 Å². The minimum atomic E-state index is -0.162. The van der Waals surface area contributed by atoms with Crippen LogP contribution in [0.2, 0.25) is 0 Å². The summed E-state index contributed by atoms with van der Waals surface area (Å²) in [7, 11) is 0. The zero-order chi connectivity index (χ0) is 13.4. The first-order valence-corrected chi connectivity index (χ1v) is 6.25. The number of rotatable bonds is 2. The maximum absolute atomic E-state index is 12.3. The number of nitrogens with zero attached hydrogens (tertiary/aromatic N) is 1. The number of carbonyl (C=O) groups is 1. The topological polar surface area (TPSA) is 50.2 Å². The number of carbonyl (C=O) groups excluding carboxylic acids is 1. The number of fused-ring (bicyclic) bond motifs is 1. The highest BCUT2D eigenvalue weighted by molar-refractivity contribution is 6.38. The lowest BCUT2D eigenvalue weighted by molar-refractivity contribution is 0.105. The highest BCUT2D eigenvalue weighted by Crippen LogP contribution is 2.35. The summed E-state index contributed by atoms with van der Waals surface area (Å²) in [5, 5.41) is 10.2. The Balaban J connectivity index is 2.11. The van der Waals surface area contributed by atoms with Crippen molar-refractivity contribution < 1.29 is 9.90 Å². The van der Waals surface area contributed by atoms with E-state index in [4.69, 9.17) is 0 Å². The number of benzene rings is 1. The van der Waals surface area contributed by atoms with Gasteiger partial charge >= 0.3 is 0 Å². The Morgan fingerprint density at radius 3 is 2.42 bits per heavy atom. The molecule has 3 heteroatoms. The zero-order valence-corrected chi connectivity index (χ0v) is 10.6. The number of pyridine rings is 1. The van der Waals surface area contributed by atoms with Crippen LogP contribution in [0.3, 0.4) is 0 Å². The number of aliphatic hydroxyl groups is 1. The van der Waals surface area contributed by atoms with Crippen LogP contribution in [0.4, 0.5) is 0 Å². The van der Waals surface area contributed by atoms with Crippen molar-refractivity contribution >= 4 is 17.1 Å². The van der Waals surface area contributed by atoms with Gasteiger partial charge in [0.1, 0.15) is 5.76 Å². The van der Waals surface area contributed by atoms with E-state index in [-0.39, 0.29) is 11.5 Å². The molecule has 94 valence electrons. The van der Waals surface area contributed by atoms with Gasteiger partial charge < -0.3 is 5.11 Å². The molecule has 1 heterocycles. The van der Waals surface area contributed by atoms with E-state index in [2.05, 4.69) is 4.98 Å². The van der Waals surface area contributed by atoms with Crippen molar-refractivity contribution in [3.05, 3.63) is 65.0 Å². The lowest BCUT2D eigenvalue weighted by atomic mass is 10.1. The zero-order valence-electron chi connectivity index (χ0n) is 10.6. The van der Waals surface area contributed by atoms with Crippen LogP contribution in [0, 0.1) is 0 Å². The summed E-state index contributed by atoms with van der Waals surface area (Å²) in [4.78, 5) is 16.6. The fourth-order valence-electron chi connectivity index (χ4n) is 2.28. The smallest absolute Gasteiger partial charge is 0.199 e. The Bertz CT molecular complexity index is 684. The molecule has 0 bridgehead atoms. The van der Waals surface area contributed by atoms with Gasteiger partial charge in [0, 0.05) is 17.3 Å². The summed E-state index contributed by atoms with van der Waals surface area (Å²) in [5.74, 6) is -0.137. The molecule has 0 fully saturated rings. The molecule has 0 aliphatic heterocycles. The van der Waals surface area contributed by atoms with E-state index in [1.807, 2.05) is 13.0 Å². The molecule has 2 aromatic rings. The van der Waals surface area contributed by atoms with Crippen molar-refractivity contribution in [1.82, 2.24) is 4.98 Å². The summed E-state index contributed by atoms with van der Waals surface area (Å²) in [5.41, 5.74) is 3.05. The summed E-state index contributed by atoms with van der Waals surface area (Å²) in [6.45, 7) is 2.05. The van der Waals surface area contributed by atoms with Gasteiger partial charge in [-0.15, -0.1) is 0 Å². The molecule has 0 amide bonds. The van der Waals surface area contributed by atoms with Gasteiger partial charge in [0.15, 0.2) is 5.78 Å². The van der Waals surface area contributed by atoms with Crippen molar-refractivity contribution in [3.63, 3.8) is 0 Å². The van der Waals surface area contributed by atoms with E-state index in [1.54, 1.807) is 36.5 Å². The second-order valence-corrected chi connectivity index (χ2v) is 4.50. The third kappa shape index (κ3) is 1.74. The van der Waals surface area contributed by atoms with Crippen LogP contribution in [0.15, 0.2) is 42.6 Å². The quantitative estimate of drug-likeness (QED) is 0.891. The molecule has 0 spiro atoms. The Morgan fingerprint density at radius 2 is 1.84 bits per heavy atom. The lowest BCUT2D eigenvalue weighted by Crippen LogP contribution is -2.00. The third-order valence-electron chi connectivity index (χ3n) is 3.38. The van der Waals surface area contributed by atoms with Crippen LogP contribution in [0.5, 0.6) is 0 Å². The Labute approximate surface area is 111 Å². The number of aryl methyl sites for hydroxylation is 1. The molecule has 1 N–H and O–H groups in total. The van der Waals surface area contributed by atoms with Crippen LogP contribution >= 0.6 is 0 Å². The first-order chi connectivity index (χ1) is 9.22. The fraction of sp³-hybridized carbons (Fsp3) is 0.125. The number of hydrogen-bond acceptors (Lipinski definition) is 3. The van der Waals surface area contributed by atoms with Gasteiger partial charge in [-0.05, 0) is 18.1 Å². The number of allylic oxidation sites excluding steroid dienone is 1. The molecular formula is C16H13NO2. The van der Waals surface area contributed by atoms with Crippen LogP contribution in [0.1, 0.15) is 34.1 Å². The SMILES string of the molecule is CCc1ccc(C2=C(O)c3ccccc3C2=O)nc1. The number of aromatic nitrogens is 1. The molecule has 19 heavy (non-hydrogen) atoms. The first kappa shape index (κ1) is 11.7. The van der Waals surface area contributed by atoms with Gasteiger partial charge in [-0.1, -0.05) is 37.3 Å². The molecule has 1 aliphatic carbocycles. The van der Waals surface area contributed by atoms with E-state index < -0.39 is 0 Å². The predicted octanol–water partition coefficient (Wildman–Crippen LogP) is 3.27. The summed E-state index contributed by atoms with van der Waals surface area (Å²) < 4.78 is 0. The number of hydrogen-bond donors (Lipinski definition) is 1. The number of aliphatic hydroxyl groups excluding tert-OH is 1. The fourth-order valence-corrected chi connectivity index (χ4v) is 2.28. The number of ketones is 1. The highest BCUT2D eigenvalue weighted by atomic mass is 16.3. The molecule has 1 aromatic carbocycles. The summed E-state index contributed by atoms with van der Waals surface area (Å²) in [6.07, 6.45) is 2.64. The maximum atomic E-state index is 12.3. The highest BCUT2D eigenvalue weighted by Gasteiger charge is 2.30. The molecule has 1 aromatic heterocycles. The largest absolute Gasteiger partial charge is 0.506 e. The average molecular weight is 251 g/mol. The minimum Gasteiger partial charge on any atom is -0.506 e. The Hall–Kier alpha value is -2.42. The summed E-state index contributed by atoms with van der Waals surface area (Å²) >= 11 is 0. The average Bonchev–Trinajstić information content (AvgIpc) is 2.72. The van der Waals surface area contributed by atoms with Crippen molar-refractivity contribution in [3.8, 4) is 0 Å². The van der Waals surface area contributed by atoms with Gasteiger partial charge in [0.05, 0.1) is 11.3 Å². The van der Waals surface area contributed by atoms with E-state index in [9.17, 15) is 9.90 Å². The molecule has 1 aliphatic rings. The van der Waals surface area contributed by atoms with Crippen molar-refractivity contribution in [2.45, 2.75) is 13.3 Å². The summed E-state index contributed by atoms with van der Waals surface area (Å²) in [6, 6.07) is 10.8. The Kier molecular flexibility index (Phi) is 2.67. The van der Waals surface area contributed by atoms with E-state index >= 15 is 0 Å². The predicted molar refractivity (Wildman–Crippen MR) is 73.8 cm³/mol. The van der Waals surface area contributed by atoms with Gasteiger partial charge in [-0.25, -0.2) is 0 Å².